The first-order valence-electron chi connectivity index (χ1n) is 8.51. The summed E-state index contributed by atoms with van der Waals surface area (Å²) < 4.78 is 43.0. The monoisotopic (exact) mass is 420 g/mol. The zero-order chi connectivity index (χ0) is 20.8. The van der Waals surface area contributed by atoms with Gasteiger partial charge in [0.1, 0.15) is 0 Å². The molecule has 150 valence electrons. The largest absolute Gasteiger partial charge is 0.433 e. The summed E-state index contributed by atoms with van der Waals surface area (Å²) in [5, 5.41) is 12.3. The molecule has 0 bridgehead atoms. The summed E-state index contributed by atoms with van der Waals surface area (Å²) in [6.07, 6.45) is -3.03. The van der Waals surface area contributed by atoms with Gasteiger partial charge < -0.3 is 5.32 Å². The number of nitrogens with one attached hydrogen (secondary N) is 1. The van der Waals surface area contributed by atoms with Crippen LogP contribution in [0.1, 0.15) is 27.4 Å². The highest BCUT2D eigenvalue weighted by Crippen LogP contribution is 2.33. The molecule has 4 aromatic rings. The van der Waals surface area contributed by atoms with E-state index in [0.29, 0.717) is 9.39 Å². The fourth-order valence-corrected chi connectivity index (χ4v) is 3.51. The molecule has 7 nitrogen and oxygen atoms in total. The van der Waals surface area contributed by atoms with E-state index in [1.54, 1.807) is 35.4 Å². The molecule has 0 saturated carbocycles. The highest BCUT2D eigenvalue weighted by atomic mass is 32.1. The number of alkyl halides is 3. The van der Waals surface area contributed by atoms with Crippen LogP contribution in [0.5, 0.6) is 0 Å². The summed E-state index contributed by atoms with van der Waals surface area (Å²) in [6, 6.07) is 5.60. The Morgan fingerprint density at radius 1 is 1.31 bits per heavy atom. The molecule has 0 spiro atoms. The Bertz CT molecular complexity index is 1190. The minimum Gasteiger partial charge on any atom is -0.346 e. The molecular weight excluding hydrogens is 405 g/mol. The number of aromatic nitrogens is 5. The van der Waals surface area contributed by atoms with E-state index in [0.717, 1.165) is 17.3 Å². The van der Waals surface area contributed by atoms with Crippen molar-refractivity contribution in [2.24, 2.45) is 7.05 Å². The van der Waals surface area contributed by atoms with Crippen molar-refractivity contribution < 1.29 is 18.0 Å². The first-order valence-corrected chi connectivity index (χ1v) is 9.39. The second-order valence-corrected chi connectivity index (χ2v) is 7.31. The molecule has 0 aromatic carbocycles. The highest BCUT2D eigenvalue weighted by Gasteiger charge is 2.35. The smallest absolute Gasteiger partial charge is 0.346 e. The molecule has 4 heterocycles. The number of hydrogen-bond donors (Lipinski definition) is 1. The van der Waals surface area contributed by atoms with Gasteiger partial charge in [-0.15, -0.1) is 11.3 Å². The van der Waals surface area contributed by atoms with Crippen molar-refractivity contribution in [2.75, 3.05) is 0 Å². The van der Waals surface area contributed by atoms with Crippen LogP contribution in [0, 0.1) is 6.92 Å². The van der Waals surface area contributed by atoms with Crippen molar-refractivity contribution in [3.05, 3.63) is 58.5 Å². The Labute approximate surface area is 166 Å². The molecule has 1 N–H and O–H groups in total. The molecule has 11 heteroatoms. The van der Waals surface area contributed by atoms with E-state index < -0.39 is 17.8 Å². The van der Waals surface area contributed by atoms with Gasteiger partial charge >= 0.3 is 6.18 Å². The number of carbonyl (C=O) groups is 1. The van der Waals surface area contributed by atoms with E-state index in [1.165, 1.54) is 17.4 Å². The molecule has 0 aliphatic heterocycles. The van der Waals surface area contributed by atoms with Gasteiger partial charge in [-0.1, -0.05) is 6.07 Å². The molecule has 0 saturated heterocycles. The second kappa shape index (κ2) is 6.99. The quantitative estimate of drug-likeness (QED) is 0.549. The molecule has 0 fully saturated rings. The average molecular weight is 420 g/mol. The van der Waals surface area contributed by atoms with E-state index in [2.05, 4.69) is 20.5 Å². The van der Waals surface area contributed by atoms with Crippen LogP contribution in [0.4, 0.5) is 13.2 Å². The molecule has 0 aliphatic carbocycles. The zero-order valence-corrected chi connectivity index (χ0v) is 16.2. The number of rotatable bonds is 4. The van der Waals surface area contributed by atoms with Crippen LogP contribution >= 0.6 is 11.3 Å². The van der Waals surface area contributed by atoms with Crippen molar-refractivity contribution in [1.82, 2.24) is 29.7 Å². The molecular formula is C18H15F3N6OS. The SMILES string of the molecule is Cc1c(CNC(=O)c2cc3nc(-c4cccs4)cc(C(F)(F)F)n3n2)cnn1C. The van der Waals surface area contributed by atoms with Crippen molar-refractivity contribution in [3.8, 4) is 10.6 Å². The van der Waals surface area contributed by atoms with Crippen LogP contribution in [0.25, 0.3) is 16.2 Å². The first-order chi connectivity index (χ1) is 13.7. The highest BCUT2D eigenvalue weighted by molar-refractivity contribution is 7.13. The van der Waals surface area contributed by atoms with E-state index in [4.69, 9.17) is 0 Å². The van der Waals surface area contributed by atoms with Gasteiger partial charge in [-0.05, 0) is 24.4 Å². The van der Waals surface area contributed by atoms with Gasteiger partial charge in [0, 0.05) is 30.9 Å². The average Bonchev–Trinajstić information content (AvgIpc) is 3.40. The van der Waals surface area contributed by atoms with E-state index in [1.807, 2.05) is 6.92 Å². The molecule has 0 unspecified atom stereocenters. The van der Waals surface area contributed by atoms with Crippen LogP contribution in [0.15, 0.2) is 35.8 Å². The molecule has 0 aliphatic rings. The molecule has 0 atom stereocenters. The number of thiophene rings is 1. The van der Waals surface area contributed by atoms with Gasteiger partial charge in [0.2, 0.25) is 0 Å². The Morgan fingerprint density at radius 3 is 2.72 bits per heavy atom. The van der Waals surface area contributed by atoms with Gasteiger partial charge in [-0.3, -0.25) is 9.48 Å². The minimum absolute atomic E-state index is 0.0501. The Hall–Kier alpha value is -3.21. The number of hydrogen-bond acceptors (Lipinski definition) is 5. The second-order valence-electron chi connectivity index (χ2n) is 6.36. The molecule has 4 aromatic heterocycles. The van der Waals surface area contributed by atoms with Gasteiger partial charge in [0.15, 0.2) is 17.0 Å². The van der Waals surface area contributed by atoms with Crippen LogP contribution in [0.2, 0.25) is 0 Å². The normalized spacial score (nSPS) is 11.9. The topological polar surface area (TPSA) is 77.1 Å². The van der Waals surface area contributed by atoms with Gasteiger partial charge in [-0.2, -0.15) is 23.4 Å². The third kappa shape index (κ3) is 3.60. The summed E-state index contributed by atoms with van der Waals surface area (Å²) in [5.41, 5.74) is 0.671. The van der Waals surface area contributed by atoms with Gasteiger partial charge in [0.05, 0.1) is 16.8 Å². The van der Waals surface area contributed by atoms with E-state index in [-0.39, 0.29) is 23.6 Å². The minimum atomic E-state index is -4.65. The standard InChI is InChI=1S/C18H15F3N6OS/c1-10-11(9-23-26(10)2)8-22-17(28)13-7-16-24-12(14-4-3-5-29-14)6-15(18(19,20)21)27(16)25-13/h3-7,9H,8H2,1-2H3,(H,22,28). The predicted octanol–water partition coefficient (Wildman–Crippen LogP) is 3.45. The molecule has 1 amide bonds. The van der Waals surface area contributed by atoms with Crippen molar-refractivity contribution in [3.63, 3.8) is 0 Å². The third-order valence-electron chi connectivity index (χ3n) is 4.50. The third-order valence-corrected chi connectivity index (χ3v) is 5.39. The molecule has 29 heavy (non-hydrogen) atoms. The van der Waals surface area contributed by atoms with Crippen LogP contribution < -0.4 is 5.32 Å². The lowest BCUT2D eigenvalue weighted by Gasteiger charge is -2.10. The van der Waals surface area contributed by atoms with Gasteiger partial charge in [-0.25, -0.2) is 9.50 Å². The summed E-state index contributed by atoms with van der Waals surface area (Å²) in [6.45, 7) is 2.04. The Morgan fingerprint density at radius 2 is 2.10 bits per heavy atom. The van der Waals surface area contributed by atoms with Crippen molar-refractivity contribution in [2.45, 2.75) is 19.6 Å². The van der Waals surface area contributed by atoms with E-state index in [9.17, 15) is 18.0 Å². The van der Waals surface area contributed by atoms with Crippen LogP contribution in [-0.4, -0.2) is 30.3 Å². The van der Waals surface area contributed by atoms with Crippen molar-refractivity contribution >= 4 is 22.9 Å². The van der Waals surface area contributed by atoms with Crippen LogP contribution in [-0.2, 0) is 19.8 Å². The number of halogens is 3. The number of nitrogens with zero attached hydrogens (tertiary/aromatic N) is 5. The number of amides is 1. The fourth-order valence-electron chi connectivity index (χ4n) is 2.82. The summed E-state index contributed by atoms with van der Waals surface area (Å²) >= 11 is 1.28. The number of carbonyl (C=O) groups excluding carboxylic acids is 1. The first kappa shape index (κ1) is 19.1. The lowest BCUT2D eigenvalue weighted by molar-refractivity contribution is -0.142. The number of aryl methyl sites for hydroxylation is 1. The van der Waals surface area contributed by atoms with Gasteiger partial charge in [0.25, 0.3) is 5.91 Å². The zero-order valence-electron chi connectivity index (χ0n) is 15.4. The summed E-state index contributed by atoms with van der Waals surface area (Å²) in [5.74, 6) is -0.593. The van der Waals surface area contributed by atoms with E-state index >= 15 is 0 Å². The molecule has 0 radical (unpaired) electrons. The molecule has 4 rings (SSSR count). The maximum absolute atomic E-state index is 13.6. The van der Waals surface area contributed by atoms with Crippen molar-refractivity contribution in [1.29, 1.82) is 0 Å². The predicted molar refractivity (Wildman–Crippen MR) is 100 cm³/mol. The maximum atomic E-state index is 13.6. The Balaban J connectivity index is 1.69. The van der Waals surface area contributed by atoms with Crippen LogP contribution in [0.3, 0.4) is 0 Å². The summed E-state index contributed by atoms with van der Waals surface area (Å²) in [7, 11) is 1.78. The fraction of sp³-hybridized carbons (Fsp3) is 0.222. The summed E-state index contributed by atoms with van der Waals surface area (Å²) in [4.78, 5) is 17.3. The Kier molecular flexibility index (Phi) is 4.61. The lowest BCUT2D eigenvalue weighted by atomic mass is 10.2. The maximum Gasteiger partial charge on any atom is 0.433 e. The lowest BCUT2D eigenvalue weighted by Crippen LogP contribution is -2.23. The number of fused-ring (bicyclic) bond motifs is 1.